The van der Waals surface area contributed by atoms with Gasteiger partial charge >= 0.3 is 84.1 Å². The zero-order valence-electron chi connectivity index (χ0n) is 6.28. The van der Waals surface area contributed by atoms with E-state index < -0.39 is 11.0 Å². The number of fused-ring (bicyclic) bond motifs is 1. The molecule has 0 saturated heterocycles. The van der Waals surface area contributed by atoms with Crippen LogP contribution >= 0.6 is 10.1 Å². The van der Waals surface area contributed by atoms with Crippen molar-refractivity contribution in [3.8, 4) is 5.75 Å². The molecule has 0 amide bonds. The van der Waals surface area contributed by atoms with Gasteiger partial charge in [0, 0.05) is 0 Å². The maximum atomic E-state index is 6.02. The minimum absolute atomic E-state index is 0.394. The summed E-state index contributed by atoms with van der Waals surface area (Å²) in [4.78, 5) is 0. The fraction of sp³-hybridized carbons (Fsp3) is 0.143. The van der Waals surface area contributed by atoms with Crippen LogP contribution in [-0.2, 0) is 0 Å². The van der Waals surface area contributed by atoms with E-state index in [4.69, 9.17) is 14.8 Å². The monoisotopic (exact) mass is 315 g/mol. The van der Waals surface area contributed by atoms with E-state index in [0.29, 0.717) is 13.1 Å². The Balaban J connectivity index is 2.42. The first-order valence-corrected chi connectivity index (χ1v) is 11.5. The molecule has 64 valence electrons. The number of nitrogens with zero attached hydrogens (tertiary/aromatic N) is 1. The van der Waals surface area contributed by atoms with E-state index in [0.717, 1.165) is 11.4 Å². The van der Waals surface area contributed by atoms with E-state index in [9.17, 15) is 0 Å². The average molecular weight is 314 g/mol. The first kappa shape index (κ1) is 8.73. The summed E-state index contributed by atoms with van der Waals surface area (Å²) >= 11 is 0.394. The summed E-state index contributed by atoms with van der Waals surface area (Å²) in [7, 11) is 6.55. The fourth-order valence-corrected chi connectivity index (χ4v) is 9.61. The third-order valence-electron chi connectivity index (χ3n) is 1.50. The molecule has 12 heavy (non-hydrogen) atoms. The van der Waals surface area contributed by atoms with Gasteiger partial charge in [-0.3, -0.25) is 0 Å². The van der Waals surface area contributed by atoms with Crippen LogP contribution in [0.4, 0.5) is 5.69 Å². The van der Waals surface area contributed by atoms with Crippen molar-refractivity contribution >= 4 is 44.3 Å². The van der Waals surface area contributed by atoms with Gasteiger partial charge in [0.2, 0.25) is 0 Å². The first-order valence-electron chi connectivity index (χ1n) is 3.28. The van der Waals surface area contributed by atoms with Crippen molar-refractivity contribution in [1.29, 1.82) is 0 Å². The molecule has 1 aliphatic heterocycles. The van der Waals surface area contributed by atoms with Crippen LogP contribution in [0.2, 0.25) is 0 Å². The van der Waals surface area contributed by atoms with Crippen molar-refractivity contribution < 1.29 is 4.74 Å². The molecule has 0 aliphatic carbocycles. The van der Waals surface area contributed by atoms with Crippen LogP contribution in [0, 0.1) is 0 Å². The number of benzene rings is 1. The Bertz CT molecular complexity index is 353. The zero-order chi connectivity index (χ0) is 8.55. The molecule has 2 rings (SSSR count). The molecule has 0 spiro atoms. The van der Waals surface area contributed by atoms with Crippen LogP contribution < -0.4 is 9.20 Å². The summed E-state index contributed by atoms with van der Waals surface area (Å²) < 4.78 is 10.8. The Morgan fingerprint density at radius 2 is 2.42 bits per heavy atom. The van der Waals surface area contributed by atoms with Crippen molar-refractivity contribution in [2.45, 2.75) is 0 Å². The van der Waals surface area contributed by atoms with E-state index in [-0.39, 0.29) is 0 Å². The summed E-state index contributed by atoms with van der Waals surface area (Å²) in [5.41, 5.74) is 1.08. The minimum atomic E-state index is -1.14. The van der Waals surface area contributed by atoms with Crippen LogP contribution in [0.1, 0.15) is 0 Å². The predicted molar refractivity (Wildman–Crippen MR) is 52.1 cm³/mol. The fourth-order valence-electron chi connectivity index (χ4n) is 0.934. The van der Waals surface area contributed by atoms with Crippen molar-refractivity contribution in [2.75, 3.05) is 7.11 Å². The van der Waals surface area contributed by atoms with Crippen molar-refractivity contribution in [1.82, 2.24) is 0 Å². The summed E-state index contributed by atoms with van der Waals surface area (Å²) in [5, 5.41) is 0. The SMILES string of the molecule is COc1ccc2c(c1)[Se][Se](Cl)=N2. The Morgan fingerprint density at radius 1 is 1.58 bits per heavy atom. The Hall–Kier alpha value is 0.149. The normalized spacial score (nSPS) is 20.0. The Labute approximate surface area is 83.9 Å². The van der Waals surface area contributed by atoms with Gasteiger partial charge in [-0.15, -0.1) is 0 Å². The van der Waals surface area contributed by atoms with E-state index in [1.807, 2.05) is 18.2 Å². The van der Waals surface area contributed by atoms with Gasteiger partial charge in [0.05, 0.1) is 0 Å². The van der Waals surface area contributed by atoms with E-state index in [2.05, 4.69) is 3.96 Å². The van der Waals surface area contributed by atoms with Gasteiger partial charge in [0.25, 0.3) is 0 Å². The van der Waals surface area contributed by atoms with Gasteiger partial charge in [0.1, 0.15) is 0 Å². The molecule has 1 aromatic carbocycles. The second-order valence-corrected chi connectivity index (χ2v) is 13.7. The number of hydrogen-bond acceptors (Lipinski definition) is 2. The van der Waals surface area contributed by atoms with E-state index in [1.54, 1.807) is 7.11 Å². The topological polar surface area (TPSA) is 21.6 Å². The first-order chi connectivity index (χ1) is 5.79. The van der Waals surface area contributed by atoms with Gasteiger partial charge in [-0.2, -0.15) is 0 Å². The molecule has 0 saturated carbocycles. The van der Waals surface area contributed by atoms with Gasteiger partial charge in [-0.05, 0) is 0 Å². The number of halogens is 1. The second kappa shape index (κ2) is 3.49. The second-order valence-electron chi connectivity index (χ2n) is 2.21. The summed E-state index contributed by atoms with van der Waals surface area (Å²) in [6.07, 6.45) is 0. The van der Waals surface area contributed by atoms with Gasteiger partial charge in [-0.1, -0.05) is 0 Å². The number of methoxy groups -OCH3 is 1. The molecule has 1 unspecified atom stereocenters. The average Bonchev–Trinajstić information content (AvgIpc) is 2.43. The molecule has 0 N–H and O–H groups in total. The van der Waals surface area contributed by atoms with Crippen LogP contribution in [0.15, 0.2) is 22.2 Å². The quantitative estimate of drug-likeness (QED) is 0.713. The molecule has 1 aliphatic rings. The van der Waals surface area contributed by atoms with Crippen LogP contribution in [0.3, 0.4) is 0 Å². The van der Waals surface area contributed by atoms with Crippen LogP contribution in [0.5, 0.6) is 5.75 Å². The number of rotatable bonds is 1. The number of ether oxygens (including phenoxy) is 1. The molecule has 1 heterocycles. The molecule has 1 atom stereocenters. The van der Waals surface area contributed by atoms with E-state index in [1.165, 1.54) is 4.46 Å². The predicted octanol–water partition coefficient (Wildman–Crippen LogP) is 1.16. The standard InChI is InChI=1S/C7H6ClNOSe2/c1-10-5-2-3-6-7(4-5)11-12(8)9-6/h2-4H,1H3. The zero-order valence-corrected chi connectivity index (χ0v) is 10.5. The molecule has 0 aromatic heterocycles. The van der Waals surface area contributed by atoms with E-state index >= 15 is 0 Å². The van der Waals surface area contributed by atoms with Gasteiger partial charge in [-0.25, -0.2) is 0 Å². The molecular formula is C7H6ClNOSe2. The maximum absolute atomic E-state index is 6.02. The summed E-state index contributed by atoms with van der Waals surface area (Å²) in [6.45, 7) is 0. The molecule has 0 bridgehead atoms. The molecule has 2 nitrogen and oxygen atoms in total. The third-order valence-corrected chi connectivity index (χ3v) is 9.89. The Kier molecular flexibility index (Phi) is 2.54. The third kappa shape index (κ3) is 1.59. The summed E-state index contributed by atoms with van der Waals surface area (Å²) in [6, 6.07) is 5.96. The molecule has 1 aromatic rings. The molecule has 0 radical (unpaired) electrons. The van der Waals surface area contributed by atoms with Crippen LogP contribution in [-0.4, -0.2) is 31.2 Å². The summed E-state index contributed by atoms with van der Waals surface area (Å²) in [5.74, 6) is 0.906. The molecule has 5 heteroatoms. The Morgan fingerprint density at radius 3 is 3.17 bits per heavy atom. The van der Waals surface area contributed by atoms with Crippen molar-refractivity contribution in [2.24, 2.45) is 3.96 Å². The molecular weight excluding hydrogens is 307 g/mol. The van der Waals surface area contributed by atoms with Crippen molar-refractivity contribution in [3.05, 3.63) is 18.2 Å². The molecule has 0 fully saturated rings. The van der Waals surface area contributed by atoms with Gasteiger partial charge < -0.3 is 0 Å². The van der Waals surface area contributed by atoms with Crippen molar-refractivity contribution in [3.63, 3.8) is 0 Å². The van der Waals surface area contributed by atoms with Crippen LogP contribution in [0.25, 0.3) is 0 Å². The van der Waals surface area contributed by atoms with Gasteiger partial charge in [0.15, 0.2) is 0 Å². The number of hydrogen-bond donors (Lipinski definition) is 0.